The number of hydrogen-bond donors (Lipinski definition) is 2. The summed E-state index contributed by atoms with van der Waals surface area (Å²) in [5.41, 5.74) is 1.17. The quantitative estimate of drug-likeness (QED) is 0.766. The molecule has 0 aliphatic carbocycles. The van der Waals surface area contributed by atoms with Crippen molar-refractivity contribution in [1.82, 2.24) is 5.32 Å². The van der Waals surface area contributed by atoms with Gasteiger partial charge in [0.15, 0.2) is 0 Å². The molecule has 0 saturated heterocycles. The summed E-state index contributed by atoms with van der Waals surface area (Å²) in [6, 6.07) is 6.50. The molecule has 0 saturated carbocycles. The Hall–Kier alpha value is -0.710. The van der Waals surface area contributed by atoms with E-state index in [-0.39, 0.29) is 18.7 Å². The summed E-state index contributed by atoms with van der Waals surface area (Å²) in [5.74, 6) is 0.903. The summed E-state index contributed by atoms with van der Waals surface area (Å²) in [4.78, 5) is 1.14. The maximum atomic E-state index is 9.02. The van der Waals surface area contributed by atoms with Crippen LogP contribution in [0.25, 0.3) is 0 Å². The number of thioether (sulfide) groups is 1. The van der Waals surface area contributed by atoms with Crippen LogP contribution in [0.1, 0.15) is 25.5 Å². The molecule has 0 radical (unpaired) electrons. The van der Waals surface area contributed by atoms with E-state index in [1.807, 2.05) is 19.2 Å². The van der Waals surface area contributed by atoms with Gasteiger partial charge in [-0.1, -0.05) is 6.07 Å². The van der Waals surface area contributed by atoms with E-state index in [1.165, 1.54) is 5.56 Å². The van der Waals surface area contributed by atoms with Crippen molar-refractivity contribution >= 4 is 11.8 Å². The van der Waals surface area contributed by atoms with Gasteiger partial charge in [0.1, 0.15) is 5.75 Å². The molecule has 1 rings (SSSR count). The fourth-order valence-electron chi connectivity index (χ4n) is 1.70. The molecular weight excluding hydrogens is 234 g/mol. The largest absolute Gasteiger partial charge is 0.496 e. The van der Waals surface area contributed by atoms with Crippen molar-refractivity contribution in [3.05, 3.63) is 23.8 Å². The molecule has 0 spiro atoms. The van der Waals surface area contributed by atoms with Crippen molar-refractivity contribution in [1.29, 1.82) is 0 Å². The topological polar surface area (TPSA) is 41.5 Å². The van der Waals surface area contributed by atoms with Gasteiger partial charge < -0.3 is 15.2 Å². The molecule has 3 nitrogen and oxygen atoms in total. The predicted molar refractivity (Wildman–Crippen MR) is 72.9 cm³/mol. The second-order valence-corrected chi connectivity index (χ2v) is 4.93. The van der Waals surface area contributed by atoms with E-state index in [2.05, 4.69) is 24.4 Å². The van der Waals surface area contributed by atoms with Gasteiger partial charge in [0, 0.05) is 17.0 Å². The van der Waals surface area contributed by atoms with E-state index < -0.39 is 0 Å². The Morgan fingerprint density at radius 2 is 2.12 bits per heavy atom. The van der Waals surface area contributed by atoms with Crippen molar-refractivity contribution < 1.29 is 9.84 Å². The maximum Gasteiger partial charge on any atom is 0.132 e. The van der Waals surface area contributed by atoms with E-state index in [1.54, 1.807) is 18.9 Å². The molecule has 0 bridgehead atoms. The van der Waals surface area contributed by atoms with Crippen LogP contribution in [0.2, 0.25) is 0 Å². The van der Waals surface area contributed by atoms with Crippen LogP contribution >= 0.6 is 11.8 Å². The first-order valence-corrected chi connectivity index (χ1v) is 6.93. The lowest BCUT2D eigenvalue weighted by Crippen LogP contribution is -2.31. The molecule has 1 aromatic carbocycles. The van der Waals surface area contributed by atoms with Crippen LogP contribution in [0.5, 0.6) is 5.75 Å². The number of benzene rings is 1. The first-order valence-electron chi connectivity index (χ1n) is 5.71. The summed E-state index contributed by atoms with van der Waals surface area (Å²) in [6.45, 7) is 4.19. The Bertz CT molecular complexity index is 357. The molecule has 96 valence electrons. The van der Waals surface area contributed by atoms with Crippen molar-refractivity contribution in [3.63, 3.8) is 0 Å². The third-order valence-corrected chi connectivity index (χ3v) is 3.49. The van der Waals surface area contributed by atoms with Crippen LogP contribution < -0.4 is 10.1 Å². The molecule has 1 aromatic rings. The number of rotatable bonds is 6. The smallest absolute Gasteiger partial charge is 0.132 e. The number of hydrogen-bond acceptors (Lipinski definition) is 4. The first-order chi connectivity index (χ1) is 8.12. The lowest BCUT2D eigenvalue weighted by atomic mass is 10.1. The van der Waals surface area contributed by atoms with Crippen LogP contribution in [-0.2, 0) is 0 Å². The molecule has 0 fully saturated rings. The molecule has 0 aliphatic rings. The summed E-state index contributed by atoms with van der Waals surface area (Å²) in [7, 11) is 1.69. The van der Waals surface area contributed by atoms with Crippen molar-refractivity contribution in [2.75, 3.05) is 20.0 Å². The van der Waals surface area contributed by atoms with Gasteiger partial charge in [-0.15, -0.1) is 11.8 Å². The fraction of sp³-hybridized carbons (Fsp3) is 0.538. The summed E-state index contributed by atoms with van der Waals surface area (Å²) in [5, 5.41) is 12.3. The highest BCUT2D eigenvalue weighted by atomic mass is 32.2. The van der Waals surface area contributed by atoms with Crippen LogP contribution in [0.3, 0.4) is 0 Å². The average molecular weight is 255 g/mol. The van der Waals surface area contributed by atoms with E-state index in [0.29, 0.717) is 0 Å². The zero-order chi connectivity index (χ0) is 12.8. The molecule has 4 heteroatoms. The Balaban J connectivity index is 2.84. The minimum atomic E-state index is 0.0937. The Morgan fingerprint density at radius 3 is 2.65 bits per heavy atom. The summed E-state index contributed by atoms with van der Waals surface area (Å²) >= 11 is 1.67. The maximum absolute atomic E-state index is 9.02. The molecule has 2 atom stereocenters. The van der Waals surface area contributed by atoms with E-state index in [4.69, 9.17) is 9.84 Å². The highest BCUT2D eigenvalue weighted by Crippen LogP contribution is 2.30. The molecule has 0 amide bonds. The summed E-state index contributed by atoms with van der Waals surface area (Å²) in [6.07, 6.45) is 2.03. The first kappa shape index (κ1) is 14.4. The van der Waals surface area contributed by atoms with Crippen LogP contribution in [0.4, 0.5) is 0 Å². The molecule has 1 unspecified atom stereocenters. The van der Waals surface area contributed by atoms with Crippen LogP contribution in [-0.4, -0.2) is 31.1 Å². The third kappa shape index (κ3) is 3.91. The minimum absolute atomic E-state index is 0.0937. The van der Waals surface area contributed by atoms with Gasteiger partial charge in [-0.3, -0.25) is 0 Å². The van der Waals surface area contributed by atoms with Crippen LogP contribution in [0, 0.1) is 0 Å². The molecule has 2 N–H and O–H groups in total. The zero-order valence-corrected chi connectivity index (χ0v) is 11.7. The normalized spacial score (nSPS) is 14.4. The van der Waals surface area contributed by atoms with Gasteiger partial charge in [-0.05, 0) is 37.8 Å². The van der Waals surface area contributed by atoms with E-state index in [9.17, 15) is 0 Å². The van der Waals surface area contributed by atoms with Gasteiger partial charge in [0.25, 0.3) is 0 Å². The van der Waals surface area contributed by atoms with Gasteiger partial charge in [0.2, 0.25) is 0 Å². The predicted octanol–water partition coefficient (Wildman–Crippen LogP) is 2.45. The molecule has 17 heavy (non-hydrogen) atoms. The van der Waals surface area contributed by atoms with Crippen molar-refractivity contribution in [2.45, 2.75) is 30.8 Å². The third-order valence-electron chi connectivity index (χ3n) is 2.72. The van der Waals surface area contributed by atoms with E-state index >= 15 is 0 Å². The summed E-state index contributed by atoms with van der Waals surface area (Å²) < 4.78 is 5.36. The highest BCUT2D eigenvalue weighted by molar-refractivity contribution is 7.98. The number of methoxy groups -OCH3 is 1. The number of aliphatic hydroxyl groups is 1. The van der Waals surface area contributed by atoms with Crippen molar-refractivity contribution in [3.8, 4) is 5.75 Å². The van der Waals surface area contributed by atoms with Gasteiger partial charge in [-0.2, -0.15) is 0 Å². The standard InChI is InChI=1S/C13H21NO2S/c1-9(8-15)14-10(2)11-5-6-13(17-4)12(7-11)16-3/h5-7,9-10,14-15H,8H2,1-4H3/t9-,10?/m1/s1. The van der Waals surface area contributed by atoms with E-state index in [0.717, 1.165) is 10.6 Å². The number of nitrogens with one attached hydrogen (secondary N) is 1. The minimum Gasteiger partial charge on any atom is -0.496 e. The molecule has 0 aromatic heterocycles. The average Bonchev–Trinajstić information content (AvgIpc) is 2.37. The Kier molecular flexibility index (Phi) is 5.82. The van der Waals surface area contributed by atoms with Crippen LogP contribution in [0.15, 0.2) is 23.1 Å². The molecular formula is C13H21NO2S. The highest BCUT2D eigenvalue weighted by Gasteiger charge is 2.11. The second-order valence-electron chi connectivity index (χ2n) is 4.09. The number of aliphatic hydroxyl groups excluding tert-OH is 1. The van der Waals surface area contributed by atoms with Gasteiger partial charge >= 0.3 is 0 Å². The van der Waals surface area contributed by atoms with Crippen molar-refractivity contribution in [2.24, 2.45) is 0 Å². The molecule has 0 heterocycles. The lowest BCUT2D eigenvalue weighted by Gasteiger charge is -2.19. The fourth-order valence-corrected chi connectivity index (χ4v) is 2.25. The Morgan fingerprint density at radius 1 is 1.41 bits per heavy atom. The SMILES string of the molecule is COc1cc(C(C)N[C@H](C)CO)ccc1SC. The second kappa shape index (κ2) is 6.89. The molecule has 0 aliphatic heterocycles. The van der Waals surface area contributed by atoms with Gasteiger partial charge in [0.05, 0.1) is 13.7 Å². The monoisotopic (exact) mass is 255 g/mol. The number of ether oxygens (including phenoxy) is 1. The zero-order valence-electron chi connectivity index (χ0n) is 10.9. The lowest BCUT2D eigenvalue weighted by molar-refractivity contribution is 0.243. The Labute approximate surface area is 108 Å². The van der Waals surface area contributed by atoms with Gasteiger partial charge in [-0.25, -0.2) is 0 Å².